The first kappa shape index (κ1) is 15.2. The molecule has 4 nitrogen and oxygen atoms in total. The Balaban J connectivity index is 2.09. The van der Waals surface area contributed by atoms with E-state index in [1.165, 1.54) is 4.88 Å². The molecular weight excluding hydrogens is 270 g/mol. The quantitative estimate of drug-likeness (QED) is 0.856. The zero-order valence-electron chi connectivity index (χ0n) is 13.1. The van der Waals surface area contributed by atoms with Gasteiger partial charge in [0.25, 0.3) is 0 Å². The van der Waals surface area contributed by atoms with E-state index in [9.17, 15) is 0 Å². The topological polar surface area (TPSA) is 42.2 Å². The van der Waals surface area contributed by atoms with Gasteiger partial charge in [-0.15, -0.1) is 11.3 Å². The van der Waals surface area contributed by atoms with Gasteiger partial charge in [0, 0.05) is 16.8 Å². The average molecular weight is 293 g/mol. The number of nitrogens with zero attached hydrogens (tertiary/aromatic N) is 3. The molecule has 0 amide bonds. The molecule has 20 heavy (non-hydrogen) atoms. The summed E-state index contributed by atoms with van der Waals surface area (Å²) < 4.78 is 5.92. The molecule has 5 heteroatoms. The molecule has 0 aliphatic rings. The van der Waals surface area contributed by atoms with Crippen LogP contribution in [0, 0.1) is 6.92 Å². The average Bonchev–Trinajstić information content (AvgIpc) is 2.97. The van der Waals surface area contributed by atoms with Gasteiger partial charge in [0.2, 0.25) is 5.89 Å². The van der Waals surface area contributed by atoms with Crippen molar-refractivity contribution in [3.05, 3.63) is 33.9 Å². The fourth-order valence-electron chi connectivity index (χ4n) is 1.86. The summed E-state index contributed by atoms with van der Waals surface area (Å²) in [7, 11) is 2.09. The molecule has 0 bridgehead atoms. The Labute approximate surface area is 124 Å². The van der Waals surface area contributed by atoms with Crippen molar-refractivity contribution < 1.29 is 4.42 Å². The van der Waals surface area contributed by atoms with Crippen LogP contribution in [0.3, 0.4) is 0 Å². The summed E-state index contributed by atoms with van der Waals surface area (Å²) in [4.78, 5) is 12.3. The number of hydrogen-bond acceptors (Lipinski definition) is 5. The summed E-state index contributed by atoms with van der Waals surface area (Å²) in [6, 6.07) is 0.146. The zero-order chi connectivity index (χ0) is 14.9. The van der Waals surface area contributed by atoms with Crippen LogP contribution >= 0.6 is 11.3 Å². The summed E-state index contributed by atoms with van der Waals surface area (Å²) in [6.45, 7) is 11.4. The van der Waals surface area contributed by atoms with Gasteiger partial charge in [-0.2, -0.15) is 0 Å². The Morgan fingerprint density at radius 1 is 1.35 bits per heavy atom. The predicted octanol–water partition coefficient (Wildman–Crippen LogP) is 3.93. The predicted molar refractivity (Wildman–Crippen MR) is 81.9 cm³/mol. The molecule has 0 unspecified atom stereocenters. The summed E-state index contributed by atoms with van der Waals surface area (Å²) in [6.07, 6.45) is 1.84. The number of aryl methyl sites for hydroxylation is 1. The van der Waals surface area contributed by atoms with Gasteiger partial charge in [-0.1, -0.05) is 20.8 Å². The van der Waals surface area contributed by atoms with Crippen molar-refractivity contribution in [2.75, 3.05) is 7.05 Å². The Kier molecular flexibility index (Phi) is 4.30. The van der Waals surface area contributed by atoms with E-state index in [0.717, 1.165) is 23.9 Å². The van der Waals surface area contributed by atoms with Crippen LogP contribution in [0.2, 0.25) is 0 Å². The van der Waals surface area contributed by atoms with Crippen LogP contribution in [0.5, 0.6) is 0 Å². The molecule has 0 saturated carbocycles. The Hall–Kier alpha value is -1.20. The third-order valence-electron chi connectivity index (χ3n) is 3.52. The highest BCUT2D eigenvalue weighted by Crippen LogP contribution is 2.27. The molecule has 0 N–H and O–H groups in total. The van der Waals surface area contributed by atoms with Crippen molar-refractivity contribution in [1.82, 2.24) is 14.9 Å². The highest BCUT2D eigenvalue weighted by atomic mass is 32.1. The number of oxazole rings is 1. The molecule has 0 aliphatic heterocycles. The fourth-order valence-corrected chi connectivity index (χ4v) is 2.70. The van der Waals surface area contributed by atoms with E-state index in [1.807, 2.05) is 18.6 Å². The summed E-state index contributed by atoms with van der Waals surface area (Å²) in [5, 5.41) is 0. The molecule has 0 fully saturated rings. The van der Waals surface area contributed by atoms with Gasteiger partial charge in [0.1, 0.15) is 5.76 Å². The molecule has 0 aromatic carbocycles. The van der Waals surface area contributed by atoms with Crippen LogP contribution in [-0.4, -0.2) is 21.9 Å². The lowest BCUT2D eigenvalue weighted by molar-refractivity contribution is 0.211. The minimum absolute atomic E-state index is 0.00218. The van der Waals surface area contributed by atoms with E-state index >= 15 is 0 Å². The van der Waals surface area contributed by atoms with Gasteiger partial charge in [0.15, 0.2) is 0 Å². The van der Waals surface area contributed by atoms with Gasteiger partial charge in [-0.25, -0.2) is 9.97 Å². The van der Waals surface area contributed by atoms with Crippen LogP contribution in [0.1, 0.15) is 56.0 Å². The van der Waals surface area contributed by atoms with Crippen LogP contribution in [-0.2, 0) is 12.0 Å². The number of thiazole rings is 1. The van der Waals surface area contributed by atoms with E-state index in [-0.39, 0.29) is 11.5 Å². The van der Waals surface area contributed by atoms with Gasteiger partial charge >= 0.3 is 0 Å². The molecule has 2 heterocycles. The van der Waals surface area contributed by atoms with E-state index in [1.54, 1.807) is 11.3 Å². The molecule has 2 rings (SSSR count). The molecule has 0 radical (unpaired) electrons. The summed E-state index contributed by atoms with van der Waals surface area (Å²) >= 11 is 1.70. The lowest BCUT2D eigenvalue weighted by Crippen LogP contribution is -2.22. The second-order valence-electron chi connectivity index (χ2n) is 6.26. The maximum absolute atomic E-state index is 5.92. The van der Waals surface area contributed by atoms with Gasteiger partial charge < -0.3 is 4.42 Å². The van der Waals surface area contributed by atoms with Crippen LogP contribution in [0.25, 0.3) is 0 Å². The lowest BCUT2D eigenvalue weighted by Gasteiger charge is -2.22. The third kappa shape index (κ3) is 3.27. The highest BCUT2D eigenvalue weighted by molar-refractivity contribution is 7.09. The Morgan fingerprint density at radius 3 is 2.55 bits per heavy atom. The molecular formula is C15H23N3OS. The van der Waals surface area contributed by atoms with Crippen molar-refractivity contribution in [3.63, 3.8) is 0 Å². The van der Waals surface area contributed by atoms with Crippen molar-refractivity contribution in [2.24, 2.45) is 0 Å². The molecule has 0 saturated heterocycles. The second-order valence-corrected chi connectivity index (χ2v) is 7.20. The summed E-state index contributed by atoms with van der Waals surface area (Å²) in [5.41, 5.74) is 3.00. The van der Waals surface area contributed by atoms with E-state index in [0.29, 0.717) is 0 Å². The molecule has 1 atom stereocenters. The van der Waals surface area contributed by atoms with Crippen molar-refractivity contribution in [3.8, 4) is 0 Å². The van der Waals surface area contributed by atoms with E-state index < -0.39 is 0 Å². The number of rotatable bonds is 4. The maximum Gasteiger partial charge on any atom is 0.211 e. The van der Waals surface area contributed by atoms with Gasteiger partial charge in [-0.3, -0.25) is 4.90 Å². The largest absolute Gasteiger partial charge is 0.443 e. The van der Waals surface area contributed by atoms with Gasteiger partial charge in [0.05, 0.1) is 23.4 Å². The smallest absolute Gasteiger partial charge is 0.211 e. The van der Waals surface area contributed by atoms with Crippen molar-refractivity contribution in [1.29, 1.82) is 0 Å². The van der Waals surface area contributed by atoms with E-state index in [4.69, 9.17) is 4.42 Å². The first-order valence-corrected chi connectivity index (χ1v) is 7.72. The van der Waals surface area contributed by atoms with Gasteiger partial charge in [-0.05, 0) is 20.9 Å². The van der Waals surface area contributed by atoms with Crippen LogP contribution in [0.15, 0.2) is 16.1 Å². The summed E-state index contributed by atoms with van der Waals surface area (Å²) in [5.74, 6) is 1.71. The molecule has 0 aliphatic carbocycles. The van der Waals surface area contributed by atoms with Crippen molar-refractivity contribution >= 4 is 11.3 Å². The minimum Gasteiger partial charge on any atom is -0.443 e. The van der Waals surface area contributed by atoms with Crippen molar-refractivity contribution in [2.45, 2.75) is 52.6 Å². The molecule has 2 aromatic rings. The molecule has 110 valence electrons. The van der Waals surface area contributed by atoms with E-state index in [2.05, 4.69) is 49.6 Å². The number of aromatic nitrogens is 2. The monoisotopic (exact) mass is 293 g/mol. The third-order valence-corrected chi connectivity index (χ3v) is 4.44. The maximum atomic E-state index is 5.92. The van der Waals surface area contributed by atoms with Crippen LogP contribution in [0.4, 0.5) is 0 Å². The Bertz CT molecular complexity index is 568. The fraction of sp³-hybridized carbons (Fsp3) is 0.600. The normalized spacial score (nSPS) is 13.9. The standard InChI is InChI=1S/C15H23N3OS/c1-10-12(20-9-17-10)8-18(6)11(2)14-16-7-13(19-14)15(3,4)5/h7,9,11H,8H2,1-6H3/t11-/m1/s1. The van der Waals surface area contributed by atoms with Crippen LogP contribution < -0.4 is 0 Å². The first-order valence-electron chi connectivity index (χ1n) is 6.84. The number of hydrogen-bond donors (Lipinski definition) is 0. The zero-order valence-corrected chi connectivity index (χ0v) is 13.9. The minimum atomic E-state index is -0.00218. The molecule has 0 spiro atoms. The Morgan fingerprint density at radius 2 is 2.05 bits per heavy atom. The first-order chi connectivity index (χ1) is 9.29. The highest BCUT2D eigenvalue weighted by Gasteiger charge is 2.23. The SMILES string of the molecule is Cc1ncsc1CN(C)[C@H](C)c1ncc(C(C)(C)C)o1. The lowest BCUT2D eigenvalue weighted by atomic mass is 9.94. The molecule has 2 aromatic heterocycles. The second kappa shape index (κ2) is 5.66.